The van der Waals surface area contributed by atoms with Gasteiger partial charge in [-0.25, -0.2) is 0 Å². The molecular formula is C19H21BNO3. The number of ether oxygens (including phenoxy) is 2. The highest BCUT2D eigenvalue weighted by molar-refractivity contribution is 6.25. The standard InChI is InChI=1S/C19H21BNO3/c1-22-16-10-5-3-8-14(16)19(15-9-4-6-11-17(15)23-2)18-12-7-13-21(18)20-24-19/h3-6,8-11,18H,7,12-13H2,1-2H3/t18-/m0/s1. The predicted octanol–water partition coefficient (Wildman–Crippen LogP) is 2.98. The van der Waals surface area contributed by atoms with Crippen molar-refractivity contribution in [3.8, 4) is 11.5 Å². The lowest BCUT2D eigenvalue weighted by molar-refractivity contribution is 0.102. The van der Waals surface area contributed by atoms with E-state index in [1.807, 2.05) is 44.0 Å². The molecule has 0 aliphatic carbocycles. The van der Waals surface area contributed by atoms with Crippen LogP contribution in [0.4, 0.5) is 0 Å². The maximum Gasteiger partial charge on any atom is 0.400 e. The maximum atomic E-state index is 6.41. The Labute approximate surface area is 143 Å². The van der Waals surface area contributed by atoms with Crippen molar-refractivity contribution in [2.75, 3.05) is 20.8 Å². The molecule has 2 fully saturated rings. The molecule has 0 aromatic heterocycles. The zero-order valence-electron chi connectivity index (χ0n) is 14.1. The lowest BCUT2D eigenvalue weighted by Gasteiger charge is -2.37. The molecule has 4 nitrogen and oxygen atoms in total. The number of nitrogens with zero attached hydrogens (tertiary/aromatic N) is 1. The van der Waals surface area contributed by atoms with Crippen LogP contribution in [0.5, 0.6) is 11.5 Å². The number of hydrogen-bond donors (Lipinski definition) is 0. The van der Waals surface area contributed by atoms with Gasteiger partial charge >= 0.3 is 7.62 Å². The molecule has 5 heteroatoms. The average molecular weight is 322 g/mol. The van der Waals surface area contributed by atoms with E-state index in [-0.39, 0.29) is 6.04 Å². The minimum absolute atomic E-state index is 0.241. The minimum atomic E-state index is -0.615. The second-order valence-electron chi connectivity index (χ2n) is 6.26. The van der Waals surface area contributed by atoms with E-state index in [1.54, 1.807) is 14.2 Å². The molecule has 0 amide bonds. The molecule has 4 rings (SSSR count). The largest absolute Gasteiger partial charge is 0.496 e. The van der Waals surface area contributed by atoms with Crippen LogP contribution in [0, 0.1) is 0 Å². The monoisotopic (exact) mass is 322 g/mol. The smallest absolute Gasteiger partial charge is 0.400 e. The number of rotatable bonds is 4. The van der Waals surface area contributed by atoms with Crippen LogP contribution in [-0.2, 0) is 10.3 Å². The van der Waals surface area contributed by atoms with Crippen molar-refractivity contribution in [2.45, 2.75) is 24.5 Å². The Morgan fingerprint density at radius 1 is 1.00 bits per heavy atom. The summed E-state index contributed by atoms with van der Waals surface area (Å²) in [5.41, 5.74) is 1.47. The van der Waals surface area contributed by atoms with Gasteiger partial charge in [0.1, 0.15) is 17.1 Å². The molecule has 0 spiro atoms. The van der Waals surface area contributed by atoms with E-state index in [9.17, 15) is 0 Å². The van der Waals surface area contributed by atoms with Gasteiger partial charge in [0, 0.05) is 17.2 Å². The molecular weight excluding hydrogens is 301 g/mol. The molecule has 24 heavy (non-hydrogen) atoms. The first-order valence-corrected chi connectivity index (χ1v) is 8.35. The quantitative estimate of drug-likeness (QED) is 0.810. The van der Waals surface area contributed by atoms with Crippen molar-refractivity contribution < 1.29 is 14.1 Å². The Bertz CT molecular complexity index is 689. The molecule has 1 radical (unpaired) electrons. The third kappa shape index (κ3) is 2.15. The molecule has 2 aromatic carbocycles. The van der Waals surface area contributed by atoms with Gasteiger partial charge in [-0.1, -0.05) is 36.4 Å². The van der Waals surface area contributed by atoms with Gasteiger partial charge in [0.05, 0.1) is 14.2 Å². The van der Waals surface area contributed by atoms with Gasteiger partial charge in [0.15, 0.2) is 0 Å². The predicted molar refractivity (Wildman–Crippen MR) is 93.3 cm³/mol. The Morgan fingerprint density at radius 3 is 2.17 bits per heavy atom. The Balaban J connectivity index is 1.97. The summed E-state index contributed by atoms with van der Waals surface area (Å²) in [5, 5.41) is 0. The zero-order chi connectivity index (χ0) is 16.6. The van der Waals surface area contributed by atoms with Crippen LogP contribution in [0.3, 0.4) is 0 Å². The SMILES string of the molecule is COc1ccccc1C1(c2ccccc2OC)O[B]N2CCC[C@H]21. The van der Waals surface area contributed by atoms with Crippen molar-refractivity contribution in [3.63, 3.8) is 0 Å². The molecule has 123 valence electrons. The topological polar surface area (TPSA) is 30.9 Å². The van der Waals surface area contributed by atoms with Crippen LogP contribution < -0.4 is 9.47 Å². The van der Waals surface area contributed by atoms with Crippen LogP contribution in [0.15, 0.2) is 48.5 Å². The first kappa shape index (κ1) is 15.5. The Hall–Kier alpha value is -1.98. The number of methoxy groups -OCH3 is 2. The molecule has 1 atom stereocenters. The van der Waals surface area contributed by atoms with E-state index in [4.69, 9.17) is 14.1 Å². The second-order valence-corrected chi connectivity index (χ2v) is 6.26. The van der Waals surface area contributed by atoms with Gasteiger partial charge in [0.25, 0.3) is 0 Å². The molecule has 0 unspecified atom stereocenters. The van der Waals surface area contributed by atoms with Gasteiger partial charge in [0.2, 0.25) is 0 Å². The minimum Gasteiger partial charge on any atom is -0.496 e. The van der Waals surface area contributed by atoms with Crippen molar-refractivity contribution in [1.29, 1.82) is 0 Å². The average Bonchev–Trinajstić information content (AvgIpc) is 3.24. The van der Waals surface area contributed by atoms with Crippen LogP contribution in [0.2, 0.25) is 0 Å². The molecule has 0 saturated carbocycles. The summed E-state index contributed by atoms with van der Waals surface area (Å²) >= 11 is 0. The number of para-hydroxylation sites is 2. The first-order valence-electron chi connectivity index (χ1n) is 8.35. The van der Waals surface area contributed by atoms with Crippen LogP contribution in [-0.4, -0.2) is 39.2 Å². The van der Waals surface area contributed by atoms with Crippen molar-refractivity contribution in [2.24, 2.45) is 0 Å². The van der Waals surface area contributed by atoms with Gasteiger partial charge in [-0.15, -0.1) is 0 Å². The Morgan fingerprint density at radius 2 is 1.58 bits per heavy atom. The molecule has 2 saturated heterocycles. The van der Waals surface area contributed by atoms with E-state index in [0.29, 0.717) is 0 Å². The van der Waals surface area contributed by atoms with Crippen LogP contribution in [0.25, 0.3) is 0 Å². The van der Waals surface area contributed by atoms with Gasteiger partial charge < -0.3 is 18.9 Å². The molecule has 2 aliphatic heterocycles. The third-order valence-electron chi connectivity index (χ3n) is 5.15. The van der Waals surface area contributed by atoms with Crippen molar-refractivity contribution >= 4 is 7.62 Å². The van der Waals surface area contributed by atoms with E-state index in [2.05, 4.69) is 16.9 Å². The zero-order valence-corrected chi connectivity index (χ0v) is 14.1. The molecule has 0 N–H and O–H groups in total. The van der Waals surface area contributed by atoms with Gasteiger partial charge in [-0.2, -0.15) is 0 Å². The highest BCUT2D eigenvalue weighted by Crippen LogP contribution is 2.51. The van der Waals surface area contributed by atoms with E-state index >= 15 is 0 Å². The summed E-state index contributed by atoms with van der Waals surface area (Å²) in [4.78, 5) is 2.30. The normalized spacial score (nSPS) is 22.0. The third-order valence-corrected chi connectivity index (χ3v) is 5.15. The summed E-state index contributed by atoms with van der Waals surface area (Å²) in [6.07, 6.45) is 2.24. The van der Waals surface area contributed by atoms with E-state index < -0.39 is 5.60 Å². The Kier molecular flexibility index (Phi) is 3.98. The number of hydrogen-bond acceptors (Lipinski definition) is 4. The van der Waals surface area contributed by atoms with Gasteiger partial charge in [-0.3, -0.25) is 0 Å². The first-order chi connectivity index (χ1) is 11.8. The highest BCUT2D eigenvalue weighted by atomic mass is 16.5. The number of benzene rings is 2. The van der Waals surface area contributed by atoms with E-state index in [0.717, 1.165) is 42.0 Å². The highest BCUT2D eigenvalue weighted by Gasteiger charge is 2.55. The van der Waals surface area contributed by atoms with Crippen LogP contribution in [0.1, 0.15) is 24.0 Å². The molecule has 0 bridgehead atoms. The summed E-state index contributed by atoms with van der Waals surface area (Å²) in [6, 6.07) is 16.5. The summed E-state index contributed by atoms with van der Waals surface area (Å²) in [5.74, 6) is 1.68. The molecule has 2 heterocycles. The lowest BCUT2D eigenvalue weighted by atomic mass is 9.78. The lowest BCUT2D eigenvalue weighted by Crippen LogP contribution is -2.41. The second kappa shape index (κ2) is 6.15. The fourth-order valence-corrected chi connectivity index (χ4v) is 4.12. The summed E-state index contributed by atoms with van der Waals surface area (Å²) in [7, 11) is 5.30. The van der Waals surface area contributed by atoms with Gasteiger partial charge in [-0.05, 0) is 31.5 Å². The van der Waals surface area contributed by atoms with Crippen LogP contribution >= 0.6 is 0 Å². The molecule has 2 aromatic rings. The molecule has 2 aliphatic rings. The number of fused-ring (bicyclic) bond motifs is 1. The fourth-order valence-electron chi connectivity index (χ4n) is 4.12. The van der Waals surface area contributed by atoms with Crippen molar-refractivity contribution in [1.82, 2.24) is 4.81 Å². The fraction of sp³-hybridized carbons (Fsp3) is 0.368. The van der Waals surface area contributed by atoms with Crippen molar-refractivity contribution in [3.05, 3.63) is 59.7 Å². The summed E-state index contributed by atoms with van der Waals surface area (Å²) in [6.45, 7) is 1.02. The maximum absolute atomic E-state index is 6.41. The van der Waals surface area contributed by atoms with E-state index in [1.165, 1.54) is 0 Å². The summed E-state index contributed by atoms with van der Waals surface area (Å²) < 4.78 is 17.8.